The van der Waals surface area contributed by atoms with Crippen molar-refractivity contribution in [3.8, 4) is 0 Å². The van der Waals surface area contributed by atoms with Gasteiger partial charge in [-0.15, -0.1) is 0 Å². The molecule has 1 aromatic carbocycles. The molecule has 0 saturated carbocycles. The van der Waals surface area contributed by atoms with E-state index >= 15 is 0 Å². The highest BCUT2D eigenvalue weighted by atomic mass is 16.5. The number of rotatable bonds is 3. The van der Waals surface area contributed by atoms with Gasteiger partial charge in [0.2, 0.25) is 5.88 Å². The van der Waals surface area contributed by atoms with Crippen molar-refractivity contribution in [2.75, 3.05) is 10.7 Å². The maximum absolute atomic E-state index is 12.2. The molecule has 19 heavy (non-hydrogen) atoms. The first-order valence-electron chi connectivity index (χ1n) is 5.84. The molecule has 0 unspecified atom stereocenters. The number of nitrogens with two attached hydrogens (primary N) is 1. The Labute approximate surface area is 110 Å². The Bertz CT molecular complexity index is 619. The van der Waals surface area contributed by atoms with Crippen LogP contribution in [0.2, 0.25) is 0 Å². The zero-order valence-corrected chi connectivity index (χ0v) is 11.1. The van der Waals surface area contributed by atoms with Crippen molar-refractivity contribution in [1.82, 2.24) is 5.16 Å². The fourth-order valence-corrected chi connectivity index (χ4v) is 1.68. The Morgan fingerprint density at radius 1 is 1.32 bits per heavy atom. The summed E-state index contributed by atoms with van der Waals surface area (Å²) < 4.78 is 5.05. The third-order valence-corrected chi connectivity index (χ3v) is 2.96. The van der Waals surface area contributed by atoms with Crippen LogP contribution in [-0.2, 0) is 0 Å². The standard InChI is InChI=1S/C13H16N4O2/c1-7-4-5-10(11(6-7)16-14)12(18)15-13-8(2)9(3)17-19-13/h4-6,16H,14H2,1-3H3,(H,15,18). The number of hydrogen-bond donors (Lipinski definition) is 3. The molecule has 6 nitrogen and oxygen atoms in total. The summed E-state index contributed by atoms with van der Waals surface area (Å²) >= 11 is 0. The molecule has 0 aliphatic rings. The van der Waals surface area contributed by atoms with E-state index in [1.165, 1.54) is 0 Å². The summed E-state index contributed by atoms with van der Waals surface area (Å²) in [4.78, 5) is 12.2. The highest BCUT2D eigenvalue weighted by Gasteiger charge is 2.15. The zero-order chi connectivity index (χ0) is 14.0. The van der Waals surface area contributed by atoms with Gasteiger partial charge in [0, 0.05) is 5.56 Å². The maximum atomic E-state index is 12.2. The molecule has 1 aromatic heterocycles. The number of benzene rings is 1. The Hall–Kier alpha value is -2.34. The largest absolute Gasteiger partial charge is 0.338 e. The number of amides is 1. The van der Waals surface area contributed by atoms with Crippen LogP contribution in [-0.4, -0.2) is 11.1 Å². The second-order valence-corrected chi connectivity index (χ2v) is 4.37. The second-order valence-electron chi connectivity index (χ2n) is 4.37. The molecule has 0 spiro atoms. The first-order valence-corrected chi connectivity index (χ1v) is 5.84. The van der Waals surface area contributed by atoms with E-state index < -0.39 is 0 Å². The van der Waals surface area contributed by atoms with Crippen LogP contribution in [0.3, 0.4) is 0 Å². The molecule has 1 amide bonds. The molecule has 0 aliphatic carbocycles. The van der Waals surface area contributed by atoms with Gasteiger partial charge < -0.3 is 9.95 Å². The van der Waals surface area contributed by atoms with Gasteiger partial charge in [-0.25, -0.2) is 0 Å². The molecule has 100 valence electrons. The average molecular weight is 260 g/mol. The van der Waals surface area contributed by atoms with Crippen LogP contribution in [0.1, 0.15) is 27.2 Å². The first-order chi connectivity index (χ1) is 9.02. The van der Waals surface area contributed by atoms with Gasteiger partial charge >= 0.3 is 0 Å². The second kappa shape index (κ2) is 5.11. The van der Waals surface area contributed by atoms with Crippen LogP contribution in [0.25, 0.3) is 0 Å². The zero-order valence-electron chi connectivity index (χ0n) is 11.1. The lowest BCUT2D eigenvalue weighted by Gasteiger charge is -2.09. The molecule has 6 heteroatoms. The number of carbonyl (C=O) groups is 1. The number of nitrogens with one attached hydrogen (secondary N) is 2. The van der Waals surface area contributed by atoms with Crippen molar-refractivity contribution >= 4 is 17.5 Å². The SMILES string of the molecule is Cc1ccc(C(=O)Nc2onc(C)c2C)c(NN)c1. The summed E-state index contributed by atoms with van der Waals surface area (Å²) in [6.07, 6.45) is 0. The van der Waals surface area contributed by atoms with Gasteiger partial charge in [-0.1, -0.05) is 11.2 Å². The number of anilines is 2. The predicted octanol–water partition coefficient (Wildman–Crippen LogP) is 2.14. The van der Waals surface area contributed by atoms with Crippen molar-refractivity contribution < 1.29 is 9.32 Å². The molecule has 0 atom stereocenters. The van der Waals surface area contributed by atoms with E-state index in [9.17, 15) is 4.79 Å². The maximum Gasteiger partial charge on any atom is 0.260 e. The van der Waals surface area contributed by atoms with Crippen molar-refractivity contribution in [2.45, 2.75) is 20.8 Å². The van der Waals surface area contributed by atoms with Crippen LogP contribution < -0.4 is 16.6 Å². The van der Waals surface area contributed by atoms with E-state index in [0.29, 0.717) is 17.1 Å². The van der Waals surface area contributed by atoms with Crippen LogP contribution in [0, 0.1) is 20.8 Å². The fourth-order valence-electron chi connectivity index (χ4n) is 1.68. The van der Waals surface area contributed by atoms with E-state index in [0.717, 1.165) is 16.8 Å². The van der Waals surface area contributed by atoms with Gasteiger partial charge in [0.25, 0.3) is 5.91 Å². The van der Waals surface area contributed by atoms with Gasteiger partial charge in [0.1, 0.15) is 0 Å². The minimum absolute atomic E-state index is 0.299. The predicted molar refractivity (Wildman–Crippen MR) is 72.9 cm³/mol. The quantitative estimate of drug-likeness (QED) is 0.580. The summed E-state index contributed by atoms with van der Waals surface area (Å²) in [6.45, 7) is 5.57. The highest BCUT2D eigenvalue weighted by molar-refractivity contribution is 6.07. The van der Waals surface area contributed by atoms with Gasteiger partial charge in [-0.05, 0) is 38.5 Å². The minimum atomic E-state index is -0.299. The minimum Gasteiger partial charge on any atom is -0.338 e. The number of nitrogen functional groups attached to an aromatic ring is 1. The third kappa shape index (κ3) is 2.58. The molecule has 2 rings (SSSR count). The van der Waals surface area contributed by atoms with Gasteiger partial charge in [-0.2, -0.15) is 0 Å². The topological polar surface area (TPSA) is 93.2 Å². The summed E-state index contributed by atoms with van der Waals surface area (Å²) in [5.74, 6) is 5.47. The van der Waals surface area contributed by atoms with Crippen molar-refractivity contribution in [3.63, 3.8) is 0 Å². The van der Waals surface area contributed by atoms with Gasteiger partial charge in [0.05, 0.1) is 16.9 Å². The van der Waals surface area contributed by atoms with Crippen molar-refractivity contribution in [3.05, 3.63) is 40.6 Å². The smallest absolute Gasteiger partial charge is 0.260 e. The van der Waals surface area contributed by atoms with Crippen LogP contribution in [0.4, 0.5) is 11.6 Å². The lowest BCUT2D eigenvalue weighted by Crippen LogP contribution is -2.17. The van der Waals surface area contributed by atoms with Crippen molar-refractivity contribution in [1.29, 1.82) is 0 Å². The Morgan fingerprint density at radius 3 is 2.63 bits per heavy atom. The number of hydrazine groups is 1. The summed E-state index contributed by atoms with van der Waals surface area (Å²) in [6, 6.07) is 5.35. The van der Waals surface area contributed by atoms with E-state index in [4.69, 9.17) is 10.4 Å². The van der Waals surface area contributed by atoms with E-state index in [2.05, 4.69) is 15.9 Å². The molecular formula is C13H16N4O2. The lowest BCUT2D eigenvalue weighted by molar-refractivity contribution is 0.102. The Kier molecular flexibility index (Phi) is 3.52. The molecular weight excluding hydrogens is 244 g/mol. The number of hydrogen-bond acceptors (Lipinski definition) is 5. The monoisotopic (exact) mass is 260 g/mol. The molecule has 0 saturated heterocycles. The van der Waals surface area contributed by atoms with Crippen molar-refractivity contribution in [2.24, 2.45) is 5.84 Å². The molecule has 0 aliphatic heterocycles. The lowest BCUT2D eigenvalue weighted by atomic mass is 10.1. The molecule has 2 aromatic rings. The van der Waals surface area contributed by atoms with E-state index in [-0.39, 0.29) is 5.91 Å². The molecule has 0 bridgehead atoms. The average Bonchev–Trinajstić information content (AvgIpc) is 2.70. The molecule has 4 N–H and O–H groups in total. The number of nitrogens with zero attached hydrogens (tertiary/aromatic N) is 1. The molecule has 0 radical (unpaired) electrons. The number of carbonyl (C=O) groups excluding carboxylic acids is 1. The normalized spacial score (nSPS) is 10.3. The van der Waals surface area contributed by atoms with E-state index in [1.54, 1.807) is 12.1 Å². The highest BCUT2D eigenvalue weighted by Crippen LogP contribution is 2.21. The van der Waals surface area contributed by atoms with Crippen LogP contribution >= 0.6 is 0 Å². The van der Waals surface area contributed by atoms with Gasteiger partial charge in [0.15, 0.2) is 0 Å². The number of aryl methyl sites for hydroxylation is 2. The Balaban J connectivity index is 2.27. The fraction of sp³-hybridized carbons (Fsp3) is 0.231. The summed E-state index contributed by atoms with van der Waals surface area (Å²) in [5.41, 5.74) is 6.09. The van der Waals surface area contributed by atoms with Crippen LogP contribution in [0.15, 0.2) is 22.7 Å². The summed E-state index contributed by atoms with van der Waals surface area (Å²) in [7, 11) is 0. The summed E-state index contributed by atoms with van der Waals surface area (Å²) in [5, 5.41) is 6.47. The first kappa shape index (κ1) is 13.1. The number of aromatic nitrogens is 1. The third-order valence-electron chi connectivity index (χ3n) is 2.96. The molecule has 0 fully saturated rings. The van der Waals surface area contributed by atoms with Crippen LogP contribution in [0.5, 0.6) is 0 Å². The van der Waals surface area contributed by atoms with E-state index in [1.807, 2.05) is 26.8 Å². The van der Waals surface area contributed by atoms with Gasteiger partial charge in [-0.3, -0.25) is 16.0 Å². The molecule has 1 heterocycles. The Morgan fingerprint density at radius 2 is 2.05 bits per heavy atom.